The molecule has 1 fully saturated rings. The molecule has 20 heavy (non-hydrogen) atoms. The number of amides is 2. The maximum atomic E-state index is 12.0. The number of hydrogen-bond donors (Lipinski definition) is 2. The van der Waals surface area contributed by atoms with E-state index >= 15 is 0 Å². The summed E-state index contributed by atoms with van der Waals surface area (Å²) in [5.74, 6) is -0.168. The summed E-state index contributed by atoms with van der Waals surface area (Å²) in [4.78, 5) is 28.3. The third-order valence-electron chi connectivity index (χ3n) is 3.15. The Hall–Kier alpha value is -2.09. The fourth-order valence-corrected chi connectivity index (χ4v) is 2.06. The summed E-state index contributed by atoms with van der Waals surface area (Å²) in [5, 5.41) is 11.5. The van der Waals surface area contributed by atoms with Crippen LogP contribution in [0, 0.1) is 0 Å². The van der Waals surface area contributed by atoms with Gasteiger partial charge in [0.25, 0.3) is 0 Å². The van der Waals surface area contributed by atoms with Crippen molar-refractivity contribution in [3.8, 4) is 0 Å². The van der Waals surface area contributed by atoms with Crippen LogP contribution in [0.5, 0.6) is 0 Å². The van der Waals surface area contributed by atoms with Crippen LogP contribution in [0.2, 0.25) is 0 Å². The molecule has 1 unspecified atom stereocenters. The largest absolute Gasteiger partial charge is 0.481 e. The topological polar surface area (TPSA) is 96.7 Å². The number of ether oxygens (including phenoxy) is 1. The molecule has 1 aliphatic heterocycles. The van der Waals surface area contributed by atoms with E-state index < -0.39 is 12.1 Å². The molecule has 1 aromatic heterocycles. The Kier molecular flexibility index (Phi) is 4.57. The number of nitrogens with zero attached hydrogens (tertiary/aromatic N) is 3. The molecule has 1 saturated heterocycles. The van der Waals surface area contributed by atoms with Crippen LogP contribution in [0.3, 0.4) is 0 Å². The van der Waals surface area contributed by atoms with Crippen LogP contribution < -0.4 is 5.32 Å². The Morgan fingerprint density at radius 1 is 1.60 bits per heavy atom. The van der Waals surface area contributed by atoms with E-state index in [1.54, 1.807) is 17.3 Å². The lowest BCUT2D eigenvalue weighted by molar-refractivity contribution is -0.141. The molecule has 1 atom stereocenters. The summed E-state index contributed by atoms with van der Waals surface area (Å²) in [5.41, 5.74) is 0. The number of carbonyl (C=O) groups is 2. The predicted octanol–water partition coefficient (Wildman–Crippen LogP) is -0.195. The number of carbonyl (C=O) groups excluding carboxylic acids is 1. The van der Waals surface area contributed by atoms with Gasteiger partial charge in [-0.05, 0) is 0 Å². The van der Waals surface area contributed by atoms with Gasteiger partial charge in [0.05, 0.1) is 25.7 Å². The van der Waals surface area contributed by atoms with Gasteiger partial charge in [0.2, 0.25) is 0 Å². The minimum Gasteiger partial charge on any atom is -0.481 e. The van der Waals surface area contributed by atoms with Crippen LogP contribution in [-0.2, 0) is 23.1 Å². The van der Waals surface area contributed by atoms with Gasteiger partial charge in [0.1, 0.15) is 5.82 Å². The highest BCUT2D eigenvalue weighted by Gasteiger charge is 2.25. The Balaban J connectivity index is 1.82. The molecule has 110 valence electrons. The van der Waals surface area contributed by atoms with E-state index in [2.05, 4.69) is 10.3 Å². The van der Waals surface area contributed by atoms with Gasteiger partial charge in [0.15, 0.2) is 0 Å². The summed E-state index contributed by atoms with van der Waals surface area (Å²) in [7, 11) is 1.85. The molecule has 2 rings (SSSR count). The molecule has 8 heteroatoms. The van der Waals surface area contributed by atoms with Crippen molar-refractivity contribution in [1.29, 1.82) is 0 Å². The Morgan fingerprint density at radius 2 is 2.40 bits per heavy atom. The molecule has 0 radical (unpaired) electrons. The molecule has 2 amide bonds. The summed E-state index contributed by atoms with van der Waals surface area (Å²) in [6.45, 7) is 1.44. The number of rotatable bonds is 4. The van der Waals surface area contributed by atoms with Crippen LogP contribution in [0.25, 0.3) is 0 Å². The summed E-state index contributed by atoms with van der Waals surface area (Å²) >= 11 is 0. The van der Waals surface area contributed by atoms with E-state index in [0.717, 1.165) is 5.82 Å². The minimum atomic E-state index is -0.926. The average molecular weight is 282 g/mol. The van der Waals surface area contributed by atoms with Crippen LogP contribution in [0.1, 0.15) is 12.2 Å². The third-order valence-corrected chi connectivity index (χ3v) is 3.15. The zero-order chi connectivity index (χ0) is 14.5. The molecule has 0 aromatic carbocycles. The highest BCUT2D eigenvalue weighted by Crippen LogP contribution is 2.09. The second-order valence-electron chi connectivity index (χ2n) is 4.65. The monoisotopic (exact) mass is 282 g/mol. The van der Waals surface area contributed by atoms with Gasteiger partial charge < -0.3 is 24.6 Å². The minimum absolute atomic E-state index is 0.0941. The summed E-state index contributed by atoms with van der Waals surface area (Å²) in [6.07, 6.45) is 2.93. The van der Waals surface area contributed by atoms with Crippen molar-refractivity contribution >= 4 is 12.0 Å². The number of nitrogens with one attached hydrogen (secondary N) is 1. The molecule has 1 aliphatic rings. The average Bonchev–Trinajstić information content (AvgIpc) is 2.81. The van der Waals surface area contributed by atoms with Crippen molar-refractivity contribution in [1.82, 2.24) is 19.8 Å². The zero-order valence-corrected chi connectivity index (χ0v) is 11.3. The second kappa shape index (κ2) is 6.38. The quantitative estimate of drug-likeness (QED) is 0.797. The molecule has 2 N–H and O–H groups in total. The van der Waals surface area contributed by atoms with Gasteiger partial charge >= 0.3 is 12.0 Å². The highest BCUT2D eigenvalue weighted by molar-refractivity contribution is 5.74. The summed E-state index contributed by atoms with van der Waals surface area (Å²) in [6, 6.07) is -0.230. The Morgan fingerprint density at radius 3 is 3.05 bits per heavy atom. The Bertz CT molecular complexity index is 488. The van der Waals surface area contributed by atoms with E-state index in [-0.39, 0.29) is 12.5 Å². The van der Waals surface area contributed by atoms with Gasteiger partial charge in [0, 0.05) is 32.5 Å². The number of imidazole rings is 1. The number of aliphatic carboxylic acids is 1. The SMILES string of the molecule is Cn1ccnc1CNC(=O)N1CCOC(CC(=O)O)C1. The van der Waals surface area contributed by atoms with E-state index in [1.165, 1.54) is 0 Å². The fraction of sp³-hybridized carbons (Fsp3) is 0.583. The number of carboxylic acid groups (broad SMARTS) is 1. The molecule has 0 saturated carbocycles. The summed E-state index contributed by atoms with van der Waals surface area (Å²) < 4.78 is 7.15. The third kappa shape index (κ3) is 3.70. The lowest BCUT2D eigenvalue weighted by Gasteiger charge is -2.32. The first-order valence-corrected chi connectivity index (χ1v) is 6.38. The van der Waals surface area contributed by atoms with Crippen LogP contribution in [0.15, 0.2) is 12.4 Å². The normalized spacial score (nSPS) is 18.9. The number of aromatic nitrogens is 2. The van der Waals surface area contributed by atoms with Gasteiger partial charge in [-0.1, -0.05) is 0 Å². The van der Waals surface area contributed by atoms with Gasteiger partial charge in [-0.3, -0.25) is 4.79 Å². The number of aryl methyl sites for hydroxylation is 1. The van der Waals surface area contributed by atoms with Gasteiger partial charge in [-0.15, -0.1) is 0 Å². The molecule has 0 spiro atoms. The molecule has 2 heterocycles. The lowest BCUT2D eigenvalue weighted by Crippen LogP contribution is -2.50. The zero-order valence-electron chi connectivity index (χ0n) is 11.3. The molecular weight excluding hydrogens is 264 g/mol. The van der Waals surface area contributed by atoms with Crippen molar-refractivity contribution in [3.05, 3.63) is 18.2 Å². The van der Waals surface area contributed by atoms with E-state index in [9.17, 15) is 9.59 Å². The number of hydrogen-bond acceptors (Lipinski definition) is 4. The first-order valence-electron chi connectivity index (χ1n) is 6.38. The maximum absolute atomic E-state index is 12.0. The highest BCUT2D eigenvalue weighted by atomic mass is 16.5. The van der Waals surface area contributed by atoms with Crippen molar-refractivity contribution < 1.29 is 19.4 Å². The molecule has 0 bridgehead atoms. The van der Waals surface area contributed by atoms with Crippen LogP contribution >= 0.6 is 0 Å². The van der Waals surface area contributed by atoms with Gasteiger partial charge in [-0.25, -0.2) is 9.78 Å². The molecule has 0 aliphatic carbocycles. The molecular formula is C12H18N4O4. The second-order valence-corrected chi connectivity index (χ2v) is 4.65. The number of carboxylic acids is 1. The van der Waals surface area contributed by atoms with E-state index in [0.29, 0.717) is 26.2 Å². The number of morpholine rings is 1. The van der Waals surface area contributed by atoms with E-state index in [1.807, 2.05) is 11.6 Å². The fourth-order valence-electron chi connectivity index (χ4n) is 2.06. The lowest BCUT2D eigenvalue weighted by atomic mass is 10.2. The van der Waals surface area contributed by atoms with Crippen LogP contribution in [0.4, 0.5) is 4.79 Å². The van der Waals surface area contributed by atoms with E-state index in [4.69, 9.17) is 9.84 Å². The Labute approximate surface area is 116 Å². The van der Waals surface area contributed by atoms with Crippen LogP contribution in [-0.4, -0.2) is 57.4 Å². The van der Waals surface area contributed by atoms with Crippen molar-refractivity contribution in [2.45, 2.75) is 19.1 Å². The number of urea groups is 1. The standard InChI is InChI=1S/C12H18N4O4/c1-15-3-2-13-10(15)7-14-12(19)16-4-5-20-9(8-16)6-11(17)18/h2-3,9H,4-8H2,1H3,(H,14,19)(H,17,18). The van der Waals surface area contributed by atoms with Crippen molar-refractivity contribution in [2.24, 2.45) is 7.05 Å². The molecule has 1 aromatic rings. The maximum Gasteiger partial charge on any atom is 0.317 e. The first-order chi connectivity index (χ1) is 9.56. The van der Waals surface area contributed by atoms with Crippen molar-refractivity contribution in [3.63, 3.8) is 0 Å². The first kappa shape index (κ1) is 14.3. The van der Waals surface area contributed by atoms with Crippen molar-refractivity contribution in [2.75, 3.05) is 19.7 Å². The molecule has 8 nitrogen and oxygen atoms in total. The predicted molar refractivity (Wildman–Crippen MR) is 69.0 cm³/mol. The smallest absolute Gasteiger partial charge is 0.317 e. The van der Waals surface area contributed by atoms with Gasteiger partial charge in [-0.2, -0.15) is 0 Å².